The lowest BCUT2D eigenvalue weighted by Crippen LogP contribution is -2.51. The molecule has 0 aliphatic rings. The lowest BCUT2D eigenvalue weighted by Gasteiger charge is -2.27. The zero-order valence-corrected chi connectivity index (χ0v) is 12.7. The molecule has 0 saturated heterocycles. The predicted octanol–water partition coefficient (Wildman–Crippen LogP) is 2.09. The third-order valence-corrected chi connectivity index (χ3v) is 3.51. The number of carbonyl (C=O) groups excluding carboxylic acids is 1. The van der Waals surface area contributed by atoms with E-state index >= 15 is 0 Å². The number of esters is 1. The summed E-state index contributed by atoms with van der Waals surface area (Å²) in [5.74, 6) is 0.571. The first-order valence-corrected chi connectivity index (χ1v) is 7.03. The van der Waals surface area contributed by atoms with Crippen LogP contribution in [0.3, 0.4) is 0 Å². The highest BCUT2D eigenvalue weighted by atomic mass is 16.5. The summed E-state index contributed by atoms with van der Waals surface area (Å²) >= 11 is 0. The number of hydrogen-bond donors (Lipinski definition) is 1. The third kappa shape index (κ3) is 3.31. The first-order chi connectivity index (χ1) is 10.1. The summed E-state index contributed by atoms with van der Waals surface area (Å²) in [5, 5.41) is 3.06. The van der Waals surface area contributed by atoms with E-state index < -0.39 is 5.54 Å². The van der Waals surface area contributed by atoms with Crippen LogP contribution < -0.4 is 5.32 Å². The van der Waals surface area contributed by atoms with Crippen LogP contribution in [0.5, 0.6) is 0 Å². The second kappa shape index (κ2) is 6.54. The molecule has 1 unspecified atom stereocenters. The van der Waals surface area contributed by atoms with Crippen LogP contribution in [0.25, 0.3) is 11.4 Å². The van der Waals surface area contributed by atoms with Gasteiger partial charge in [-0.2, -0.15) is 0 Å². The molecule has 0 spiro atoms. The minimum Gasteiger partial charge on any atom is -0.465 e. The van der Waals surface area contributed by atoms with E-state index in [-0.39, 0.29) is 5.97 Å². The lowest BCUT2D eigenvalue weighted by molar-refractivity contribution is -0.150. The summed E-state index contributed by atoms with van der Waals surface area (Å²) in [7, 11) is 1.76. The van der Waals surface area contributed by atoms with Crippen LogP contribution in [0, 0.1) is 0 Å². The number of imidazole rings is 1. The molecule has 1 N–H and O–H groups in total. The molecule has 5 heteroatoms. The highest BCUT2D eigenvalue weighted by molar-refractivity contribution is 5.80. The van der Waals surface area contributed by atoms with Gasteiger partial charge in [0.2, 0.25) is 0 Å². The molecule has 1 aromatic carbocycles. The quantitative estimate of drug-likeness (QED) is 0.827. The molecule has 1 heterocycles. The number of aromatic nitrogens is 2. The lowest BCUT2D eigenvalue weighted by atomic mass is 10.0. The number of nitrogens with one attached hydrogen (secondary N) is 1. The molecule has 0 aliphatic carbocycles. The van der Waals surface area contributed by atoms with Crippen molar-refractivity contribution < 1.29 is 9.53 Å². The van der Waals surface area contributed by atoms with E-state index in [0.717, 1.165) is 11.4 Å². The molecule has 0 radical (unpaired) electrons. The van der Waals surface area contributed by atoms with Gasteiger partial charge in [0.1, 0.15) is 11.4 Å². The van der Waals surface area contributed by atoms with Crippen molar-refractivity contribution in [1.29, 1.82) is 0 Å². The van der Waals surface area contributed by atoms with Crippen LogP contribution in [-0.2, 0) is 16.1 Å². The van der Waals surface area contributed by atoms with Crippen LogP contribution in [0.4, 0.5) is 0 Å². The van der Waals surface area contributed by atoms with E-state index in [2.05, 4.69) is 10.3 Å². The smallest absolute Gasteiger partial charge is 0.327 e. The van der Waals surface area contributed by atoms with Gasteiger partial charge in [-0.15, -0.1) is 0 Å². The van der Waals surface area contributed by atoms with Crippen LogP contribution in [0.1, 0.15) is 13.8 Å². The van der Waals surface area contributed by atoms with E-state index in [4.69, 9.17) is 4.74 Å². The molecule has 0 fully saturated rings. The SMILES string of the molecule is CCOC(=O)C(C)(Cn1ccnc1-c1ccccc1)NC. The van der Waals surface area contributed by atoms with E-state index in [1.807, 2.05) is 48.0 Å². The monoisotopic (exact) mass is 287 g/mol. The normalized spacial score (nSPS) is 13.7. The van der Waals surface area contributed by atoms with Gasteiger partial charge in [-0.1, -0.05) is 30.3 Å². The van der Waals surface area contributed by atoms with Gasteiger partial charge in [-0.25, -0.2) is 9.78 Å². The zero-order valence-electron chi connectivity index (χ0n) is 12.7. The van der Waals surface area contributed by atoms with Gasteiger partial charge in [0.05, 0.1) is 13.2 Å². The van der Waals surface area contributed by atoms with E-state index in [1.54, 1.807) is 20.2 Å². The average Bonchev–Trinajstić information content (AvgIpc) is 2.96. The molecule has 112 valence electrons. The van der Waals surface area contributed by atoms with Crippen molar-refractivity contribution in [2.75, 3.05) is 13.7 Å². The number of ether oxygens (including phenoxy) is 1. The summed E-state index contributed by atoms with van der Waals surface area (Å²) < 4.78 is 7.12. The molecular formula is C16H21N3O2. The van der Waals surface area contributed by atoms with Gasteiger partial charge in [0, 0.05) is 18.0 Å². The molecule has 5 nitrogen and oxygen atoms in total. The maximum Gasteiger partial charge on any atom is 0.327 e. The summed E-state index contributed by atoms with van der Waals surface area (Å²) in [6.07, 6.45) is 3.61. The number of carbonyl (C=O) groups is 1. The molecule has 0 aliphatic heterocycles. The van der Waals surface area contributed by atoms with Crippen LogP contribution in [0.2, 0.25) is 0 Å². The number of rotatable bonds is 6. The fourth-order valence-electron chi connectivity index (χ4n) is 2.16. The van der Waals surface area contributed by atoms with Gasteiger partial charge >= 0.3 is 5.97 Å². The van der Waals surface area contributed by atoms with Crippen molar-refractivity contribution in [3.05, 3.63) is 42.7 Å². The maximum absolute atomic E-state index is 12.2. The molecule has 1 aromatic heterocycles. The fourth-order valence-corrected chi connectivity index (χ4v) is 2.16. The Morgan fingerprint density at radius 3 is 2.71 bits per heavy atom. The summed E-state index contributed by atoms with van der Waals surface area (Å²) in [6.45, 7) is 4.46. The average molecular weight is 287 g/mol. The Hall–Kier alpha value is -2.14. The second-order valence-corrected chi connectivity index (χ2v) is 5.05. The molecular weight excluding hydrogens is 266 g/mol. The topological polar surface area (TPSA) is 56.2 Å². The van der Waals surface area contributed by atoms with Crippen LogP contribution >= 0.6 is 0 Å². The third-order valence-electron chi connectivity index (χ3n) is 3.51. The number of nitrogens with zero attached hydrogens (tertiary/aromatic N) is 2. The summed E-state index contributed by atoms with van der Waals surface area (Å²) in [5.41, 5.74) is 0.227. The summed E-state index contributed by atoms with van der Waals surface area (Å²) in [4.78, 5) is 16.5. The molecule has 0 saturated carbocycles. The van der Waals surface area contributed by atoms with Crippen molar-refractivity contribution in [3.63, 3.8) is 0 Å². The predicted molar refractivity (Wildman–Crippen MR) is 81.8 cm³/mol. The standard InChI is InChI=1S/C16H21N3O2/c1-4-21-15(20)16(2,17-3)12-19-11-10-18-14(19)13-8-6-5-7-9-13/h5-11,17H,4,12H2,1-3H3. The van der Waals surface area contributed by atoms with Gasteiger partial charge in [0.15, 0.2) is 0 Å². The first kappa shape index (κ1) is 15.3. The van der Waals surface area contributed by atoms with Crippen molar-refractivity contribution >= 4 is 5.97 Å². The first-order valence-electron chi connectivity index (χ1n) is 7.03. The van der Waals surface area contributed by atoms with Crippen molar-refractivity contribution in [1.82, 2.24) is 14.9 Å². The molecule has 2 rings (SSSR count). The van der Waals surface area contributed by atoms with Crippen molar-refractivity contribution in [3.8, 4) is 11.4 Å². The Morgan fingerprint density at radius 1 is 1.38 bits per heavy atom. The molecule has 1 atom stereocenters. The van der Waals surface area contributed by atoms with E-state index in [1.165, 1.54) is 0 Å². The van der Waals surface area contributed by atoms with Crippen molar-refractivity contribution in [2.24, 2.45) is 0 Å². The Kier molecular flexibility index (Phi) is 4.75. The highest BCUT2D eigenvalue weighted by Crippen LogP contribution is 2.20. The van der Waals surface area contributed by atoms with E-state index in [9.17, 15) is 4.79 Å². The van der Waals surface area contributed by atoms with Gasteiger partial charge in [0.25, 0.3) is 0 Å². The number of benzene rings is 1. The largest absolute Gasteiger partial charge is 0.465 e. The Labute approximate surface area is 125 Å². The number of likely N-dealkylation sites (N-methyl/N-ethyl adjacent to an activating group) is 1. The zero-order chi connectivity index (χ0) is 15.3. The van der Waals surface area contributed by atoms with Gasteiger partial charge in [-0.3, -0.25) is 0 Å². The van der Waals surface area contributed by atoms with Crippen molar-refractivity contribution in [2.45, 2.75) is 25.9 Å². The molecule has 21 heavy (non-hydrogen) atoms. The molecule has 0 amide bonds. The molecule has 0 bridgehead atoms. The minimum atomic E-state index is -0.791. The Bertz CT molecular complexity index is 595. The maximum atomic E-state index is 12.2. The second-order valence-electron chi connectivity index (χ2n) is 5.05. The van der Waals surface area contributed by atoms with Gasteiger partial charge < -0.3 is 14.6 Å². The van der Waals surface area contributed by atoms with Crippen LogP contribution in [-0.4, -0.2) is 34.7 Å². The number of hydrogen-bond acceptors (Lipinski definition) is 4. The Morgan fingerprint density at radius 2 is 2.10 bits per heavy atom. The highest BCUT2D eigenvalue weighted by Gasteiger charge is 2.34. The summed E-state index contributed by atoms with van der Waals surface area (Å²) in [6, 6.07) is 9.90. The molecule has 2 aromatic rings. The van der Waals surface area contributed by atoms with Crippen LogP contribution in [0.15, 0.2) is 42.7 Å². The van der Waals surface area contributed by atoms with E-state index in [0.29, 0.717) is 13.2 Å². The van der Waals surface area contributed by atoms with Gasteiger partial charge in [-0.05, 0) is 20.9 Å². The Balaban J connectivity index is 2.28. The minimum absolute atomic E-state index is 0.264. The fraction of sp³-hybridized carbons (Fsp3) is 0.375.